The molecule has 0 aliphatic heterocycles. The summed E-state index contributed by atoms with van der Waals surface area (Å²) >= 11 is 0. The lowest BCUT2D eigenvalue weighted by Gasteiger charge is -2.10. The van der Waals surface area contributed by atoms with Crippen molar-refractivity contribution in [1.82, 2.24) is 9.88 Å². The molecular formula is C10H18N2O4S. The maximum absolute atomic E-state index is 11.7. The number of hydrogen-bond acceptors (Lipinski definition) is 5. The van der Waals surface area contributed by atoms with Crippen molar-refractivity contribution >= 4 is 10.0 Å². The number of hydrogen-bond donors (Lipinski definition) is 1. The Balaban J connectivity index is 2.62. The minimum Gasteiger partial charge on any atom is -0.381 e. The predicted molar refractivity (Wildman–Crippen MR) is 63.1 cm³/mol. The minimum atomic E-state index is -3.35. The van der Waals surface area contributed by atoms with E-state index in [9.17, 15) is 8.42 Å². The molecule has 1 rings (SSSR count). The number of aryl methyl sites for hydroxylation is 2. The SMILES string of the molecule is COC(C)CS(=O)(=O)NCc1c(C)noc1C. The molecule has 1 unspecified atom stereocenters. The van der Waals surface area contributed by atoms with Gasteiger partial charge in [0.25, 0.3) is 0 Å². The molecule has 17 heavy (non-hydrogen) atoms. The first-order chi connectivity index (χ1) is 7.85. The van der Waals surface area contributed by atoms with E-state index in [1.165, 1.54) is 7.11 Å². The summed E-state index contributed by atoms with van der Waals surface area (Å²) in [5.74, 6) is 0.567. The quantitative estimate of drug-likeness (QED) is 0.818. The van der Waals surface area contributed by atoms with Crippen LogP contribution in [0.15, 0.2) is 4.52 Å². The molecule has 6 nitrogen and oxygen atoms in total. The summed E-state index contributed by atoms with van der Waals surface area (Å²) in [5.41, 5.74) is 1.48. The molecule has 1 N–H and O–H groups in total. The molecule has 0 fully saturated rings. The van der Waals surface area contributed by atoms with E-state index in [0.29, 0.717) is 11.5 Å². The van der Waals surface area contributed by atoms with E-state index < -0.39 is 10.0 Å². The van der Waals surface area contributed by atoms with Gasteiger partial charge < -0.3 is 9.26 Å². The van der Waals surface area contributed by atoms with Crippen LogP contribution in [0.25, 0.3) is 0 Å². The van der Waals surface area contributed by atoms with Crippen molar-refractivity contribution in [2.45, 2.75) is 33.4 Å². The van der Waals surface area contributed by atoms with Gasteiger partial charge in [-0.25, -0.2) is 13.1 Å². The third-order valence-corrected chi connectivity index (χ3v) is 4.00. The Kier molecular flexibility index (Phi) is 4.67. The Morgan fingerprint density at radius 1 is 1.47 bits per heavy atom. The summed E-state index contributed by atoms with van der Waals surface area (Å²) in [4.78, 5) is 0. The molecule has 1 heterocycles. The molecule has 7 heteroatoms. The lowest BCUT2D eigenvalue weighted by atomic mass is 10.2. The predicted octanol–water partition coefficient (Wildman–Crippen LogP) is 0.746. The van der Waals surface area contributed by atoms with Crippen molar-refractivity contribution in [2.24, 2.45) is 0 Å². The normalized spacial score (nSPS) is 13.9. The van der Waals surface area contributed by atoms with Crippen LogP contribution in [0.1, 0.15) is 23.9 Å². The molecule has 0 spiro atoms. The Morgan fingerprint density at radius 2 is 2.12 bits per heavy atom. The van der Waals surface area contributed by atoms with Gasteiger partial charge >= 0.3 is 0 Å². The summed E-state index contributed by atoms with van der Waals surface area (Å²) in [6, 6.07) is 0. The lowest BCUT2D eigenvalue weighted by molar-refractivity contribution is 0.136. The van der Waals surface area contributed by atoms with E-state index in [4.69, 9.17) is 9.26 Å². The van der Waals surface area contributed by atoms with Gasteiger partial charge in [0.1, 0.15) is 5.76 Å². The Labute approximate surface area is 101 Å². The lowest BCUT2D eigenvalue weighted by Crippen LogP contribution is -2.31. The van der Waals surface area contributed by atoms with Gasteiger partial charge in [0.15, 0.2) is 0 Å². The van der Waals surface area contributed by atoms with Crippen molar-refractivity contribution in [3.63, 3.8) is 0 Å². The molecule has 1 aromatic rings. The zero-order chi connectivity index (χ0) is 13.1. The van der Waals surface area contributed by atoms with Crippen LogP contribution in [-0.2, 0) is 21.3 Å². The average molecular weight is 262 g/mol. The standard InChI is InChI=1S/C10H18N2O4S/c1-7(15-4)6-17(13,14)11-5-10-8(2)12-16-9(10)3/h7,11H,5-6H2,1-4H3. The summed E-state index contributed by atoms with van der Waals surface area (Å²) in [6.07, 6.45) is -0.336. The highest BCUT2D eigenvalue weighted by molar-refractivity contribution is 7.89. The van der Waals surface area contributed by atoms with E-state index in [0.717, 1.165) is 5.56 Å². The molecule has 0 amide bonds. The zero-order valence-electron chi connectivity index (χ0n) is 10.5. The fourth-order valence-electron chi connectivity index (χ4n) is 1.37. The zero-order valence-corrected chi connectivity index (χ0v) is 11.3. The largest absolute Gasteiger partial charge is 0.381 e. The number of aromatic nitrogens is 1. The minimum absolute atomic E-state index is 0.0626. The molecule has 1 aromatic heterocycles. The summed E-state index contributed by atoms with van der Waals surface area (Å²) < 4.78 is 35.7. The van der Waals surface area contributed by atoms with Gasteiger partial charge in [-0.1, -0.05) is 5.16 Å². The second-order valence-electron chi connectivity index (χ2n) is 3.95. The van der Waals surface area contributed by atoms with Gasteiger partial charge in [-0.05, 0) is 20.8 Å². The highest BCUT2D eigenvalue weighted by Crippen LogP contribution is 2.12. The van der Waals surface area contributed by atoms with Crippen molar-refractivity contribution in [1.29, 1.82) is 0 Å². The van der Waals surface area contributed by atoms with E-state index in [1.807, 2.05) is 0 Å². The molecule has 0 aliphatic carbocycles. The highest BCUT2D eigenvalue weighted by Gasteiger charge is 2.17. The molecule has 0 saturated heterocycles. The van der Waals surface area contributed by atoms with Gasteiger partial charge in [-0.15, -0.1) is 0 Å². The topological polar surface area (TPSA) is 81.4 Å². The van der Waals surface area contributed by atoms with Gasteiger partial charge in [-0.3, -0.25) is 0 Å². The maximum Gasteiger partial charge on any atom is 0.214 e. The number of sulfonamides is 1. The number of rotatable bonds is 6. The van der Waals surface area contributed by atoms with Crippen LogP contribution in [0.4, 0.5) is 0 Å². The Morgan fingerprint density at radius 3 is 2.59 bits per heavy atom. The first-order valence-corrected chi connectivity index (χ1v) is 6.93. The van der Waals surface area contributed by atoms with Gasteiger partial charge in [0.2, 0.25) is 10.0 Å². The Hall–Kier alpha value is -0.920. The summed E-state index contributed by atoms with van der Waals surface area (Å²) in [5, 5.41) is 3.76. The third kappa shape index (κ3) is 4.10. The van der Waals surface area contributed by atoms with E-state index in [-0.39, 0.29) is 18.4 Å². The van der Waals surface area contributed by atoms with Crippen molar-refractivity contribution in [3.05, 3.63) is 17.0 Å². The van der Waals surface area contributed by atoms with E-state index in [1.54, 1.807) is 20.8 Å². The first kappa shape index (κ1) is 14.1. The van der Waals surface area contributed by atoms with E-state index >= 15 is 0 Å². The van der Waals surface area contributed by atoms with Crippen LogP contribution in [0, 0.1) is 13.8 Å². The molecule has 0 aromatic carbocycles. The average Bonchev–Trinajstić information content (AvgIpc) is 2.55. The van der Waals surface area contributed by atoms with Gasteiger partial charge in [-0.2, -0.15) is 0 Å². The van der Waals surface area contributed by atoms with Gasteiger partial charge in [0.05, 0.1) is 17.6 Å². The number of ether oxygens (including phenoxy) is 1. The first-order valence-electron chi connectivity index (χ1n) is 5.27. The van der Waals surface area contributed by atoms with Crippen molar-refractivity contribution < 1.29 is 17.7 Å². The van der Waals surface area contributed by atoms with Crippen LogP contribution >= 0.6 is 0 Å². The van der Waals surface area contributed by atoms with Crippen LogP contribution in [0.3, 0.4) is 0 Å². The second-order valence-corrected chi connectivity index (χ2v) is 5.80. The van der Waals surface area contributed by atoms with Crippen molar-refractivity contribution in [3.8, 4) is 0 Å². The number of methoxy groups -OCH3 is 1. The third-order valence-electron chi connectivity index (χ3n) is 2.51. The van der Waals surface area contributed by atoms with Crippen LogP contribution in [0.5, 0.6) is 0 Å². The van der Waals surface area contributed by atoms with Crippen LogP contribution in [0.2, 0.25) is 0 Å². The fraction of sp³-hybridized carbons (Fsp3) is 0.700. The monoisotopic (exact) mass is 262 g/mol. The van der Waals surface area contributed by atoms with Gasteiger partial charge in [0, 0.05) is 19.2 Å². The molecular weight excluding hydrogens is 244 g/mol. The number of nitrogens with zero attached hydrogens (tertiary/aromatic N) is 1. The molecule has 0 aliphatic rings. The second kappa shape index (κ2) is 5.61. The molecule has 0 radical (unpaired) electrons. The van der Waals surface area contributed by atoms with E-state index in [2.05, 4.69) is 9.88 Å². The fourth-order valence-corrected chi connectivity index (χ4v) is 2.61. The van der Waals surface area contributed by atoms with Crippen LogP contribution < -0.4 is 4.72 Å². The maximum atomic E-state index is 11.7. The molecule has 0 saturated carbocycles. The molecule has 0 bridgehead atoms. The molecule has 1 atom stereocenters. The molecule has 98 valence electrons. The highest BCUT2D eigenvalue weighted by atomic mass is 32.2. The summed E-state index contributed by atoms with van der Waals surface area (Å²) in [7, 11) is -1.87. The number of nitrogens with one attached hydrogen (secondary N) is 1. The van der Waals surface area contributed by atoms with Crippen LogP contribution in [-0.4, -0.2) is 32.5 Å². The Bertz CT molecular complexity index is 447. The summed E-state index contributed by atoms with van der Waals surface area (Å²) in [6.45, 7) is 5.42. The van der Waals surface area contributed by atoms with Crippen molar-refractivity contribution in [2.75, 3.05) is 12.9 Å². The smallest absolute Gasteiger partial charge is 0.214 e.